The smallest absolute Gasteiger partial charge is 0.0269 e. The van der Waals surface area contributed by atoms with Crippen molar-refractivity contribution >= 4 is 0 Å². The van der Waals surface area contributed by atoms with Gasteiger partial charge in [0.2, 0.25) is 0 Å². The summed E-state index contributed by atoms with van der Waals surface area (Å²) in [7, 11) is 0. The van der Waals surface area contributed by atoms with E-state index in [9.17, 15) is 0 Å². The van der Waals surface area contributed by atoms with Gasteiger partial charge in [0.25, 0.3) is 0 Å². The lowest BCUT2D eigenvalue weighted by Crippen LogP contribution is -1.63. The maximum absolute atomic E-state index is 3.61. The van der Waals surface area contributed by atoms with Crippen molar-refractivity contribution in [2.24, 2.45) is 0 Å². The molecule has 0 aromatic heterocycles. The molecule has 0 aliphatic heterocycles. The maximum atomic E-state index is 3.61. The molecule has 0 radical (unpaired) electrons. The summed E-state index contributed by atoms with van der Waals surface area (Å²) in [5.41, 5.74) is 1.05. The highest BCUT2D eigenvalue weighted by Crippen LogP contribution is 1.95. The Morgan fingerprint density at radius 2 is 1.55 bits per heavy atom. The Hall–Kier alpha value is -1.04. The largest absolute Gasteiger partial charge is 0.0985 e. The van der Waals surface area contributed by atoms with E-state index in [1.165, 1.54) is 0 Å². The molecule has 0 heteroatoms. The first-order chi connectivity index (χ1) is 5.35. The minimum atomic E-state index is 1.05. The quantitative estimate of drug-likeness (QED) is 0.535. The Labute approximate surface area is 70.6 Å². The zero-order chi connectivity index (χ0) is 9.11. The lowest BCUT2D eigenvalue weighted by Gasteiger charge is -1.84. The number of allylic oxidation sites excluding steroid dienone is 6. The van der Waals surface area contributed by atoms with Crippen molar-refractivity contribution in [1.82, 2.24) is 0 Å². The van der Waals surface area contributed by atoms with Gasteiger partial charge in [-0.2, -0.15) is 0 Å². The van der Waals surface area contributed by atoms with E-state index in [0.717, 1.165) is 5.57 Å². The fraction of sp³-hybridized carbons (Fsp3) is 0.273. The van der Waals surface area contributed by atoms with Gasteiger partial charge in [0.15, 0.2) is 0 Å². The van der Waals surface area contributed by atoms with Crippen LogP contribution in [0, 0.1) is 0 Å². The van der Waals surface area contributed by atoms with Crippen LogP contribution in [0.1, 0.15) is 20.8 Å². The van der Waals surface area contributed by atoms with Gasteiger partial charge in [-0.25, -0.2) is 0 Å². The minimum Gasteiger partial charge on any atom is -0.0985 e. The van der Waals surface area contributed by atoms with Gasteiger partial charge in [-0.1, -0.05) is 57.4 Å². The molecule has 0 saturated carbocycles. The van der Waals surface area contributed by atoms with Gasteiger partial charge in [-0.05, 0) is 12.5 Å². The molecular weight excluding hydrogens is 132 g/mol. The van der Waals surface area contributed by atoms with Crippen LogP contribution >= 0.6 is 0 Å². The molecule has 11 heavy (non-hydrogen) atoms. The third-order valence-corrected chi connectivity index (χ3v) is 0.953. The first kappa shape index (κ1) is 12.6. The van der Waals surface area contributed by atoms with Crippen LogP contribution in [0.15, 0.2) is 49.1 Å². The second-order valence-corrected chi connectivity index (χ2v) is 1.60. The fourth-order valence-corrected chi connectivity index (χ4v) is 0.427. The average Bonchev–Trinajstić information content (AvgIpc) is 2.10. The number of hydrogen-bond acceptors (Lipinski definition) is 0. The highest BCUT2D eigenvalue weighted by Gasteiger charge is 1.74. The molecule has 0 aromatic carbocycles. The molecule has 0 aromatic rings. The van der Waals surface area contributed by atoms with E-state index in [1.807, 2.05) is 39.0 Å². The van der Waals surface area contributed by atoms with Crippen LogP contribution in [-0.4, -0.2) is 0 Å². The average molecular weight is 150 g/mol. The van der Waals surface area contributed by atoms with Crippen LogP contribution in [0.4, 0.5) is 0 Å². The summed E-state index contributed by atoms with van der Waals surface area (Å²) in [6.45, 7) is 13.2. The van der Waals surface area contributed by atoms with Crippen molar-refractivity contribution < 1.29 is 0 Å². The molecule has 0 heterocycles. The summed E-state index contributed by atoms with van der Waals surface area (Å²) in [4.78, 5) is 0. The van der Waals surface area contributed by atoms with Gasteiger partial charge in [0.05, 0.1) is 0 Å². The topological polar surface area (TPSA) is 0 Å². The molecule has 0 amide bonds. The third-order valence-electron chi connectivity index (χ3n) is 0.953. The van der Waals surface area contributed by atoms with Crippen LogP contribution in [0.3, 0.4) is 0 Å². The van der Waals surface area contributed by atoms with Crippen molar-refractivity contribution in [2.45, 2.75) is 20.8 Å². The standard InChI is InChI=1S/C9H12.C2H6/c1-4-7-8-9(5-2)6-3;1-2/h4-8H,2-3H2,1H3;1-2H3/b7-4+;. The molecule has 0 spiro atoms. The fourth-order valence-electron chi connectivity index (χ4n) is 0.427. The maximum Gasteiger partial charge on any atom is -0.0269 e. The molecule has 0 unspecified atom stereocenters. The van der Waals surface area contributed by atoms with Crippen molar-refractivity contribution in [2.75, 3.05) is 0 Å². The number of rotatable bonds is 3. The van der Waals surface area contributed by atoms with Gasteiger partial charge < -0.3 is 0 Å². The Morgan fingerprint density at radius 1 is 1.09 bits per heavy atom. The summed E-state index contributed by atoms with van der Waals surface area (Å²) in [6, 6.07) is 0. The van der Waals surface area contributed by atoms with E-state index in [2.05, 4.69) is 13.2 Å². The second-order valence-electron chi connectivity index (χ2n) is 1.60. The van der Waals surface area contributed by atoms with Gasteiger partial charge in [0, 0.05) is 0 Å². The lowest BCUT2D eigenvalue weighted by atomic mass is 10.2. The summed E-state index contributed by atoms with van der Waals surface area (Å²) in [5, 5.41) is 0. The molecule has 0 atom stereocenters. The molecule has 0 bridgehead atoms. The van der Waals surface area contributed by atoms with Crippen LogP contribution in [0.5, 0.6) is 0 Å². The SMILES string of the molecule is C=CC(C=C)=C/C=C/C.CC. The van der Waals surface area contributed by atoms with Crippen molar-refractivity contribution in [3.8, 4) is 0 Å². The Bertz CT molecular complexity index is 137. The molecule has 0 saturated heterocycles. The molecule has 0 N–H and O–H groups in total. The minimum absolute atomic E-state index is 1.05. The van der Waals surface area contributed by atoms with E-state index in [-0.39, 0.29) is 0 Å². The monoisotopic (exact) mass is 150 g/mol. The normalized spacial score (nSPS) is 7.91. The molecule has 0 aliphatic carbocycles. The van der Waals surface area contributed by atoms with Crippen LogP contribution in [0.2, 0.25) is 0 Å². The van der Waals surface area contributed by atoms with Gasteiger partial charge >= 0.3 is 0 Å². The highest BCUT2D eigenvalue weighted by molar-refractivity contribution is 5.30. The molecule has 62 valence electrons. The van der Waals surface area contributed by atoms with E-state index >= 15 is 0 Å². The first-order valence-corrected chi connectivity index (χ1v) is 3.93. The van der Waals surface area contributed by atoms with Crippen LogP contribution in [-0.2, 0) is 0 Å². The summed E-state index contributed by atoms with van der Waals surface area (Å²) >= 11 is 0. The van der Waals surface area contributed by atoms with Crippen molar-refractivity contribution in [1.29, 1.82) is 0 Å². The van der Waals surface area contributed by atoms with Crippen molar-refractivity contribution in [3.63, 3.8) is 0 Å². The highest BCUT2D eigenvalue weighted by atomic mass is 13.8. The van der Waals surface area contributed by atoms with E-state index < -0.39 is 0 Å². The molecule has 0 nitrogen and oxygen atoms in total. The van der Waals surface area contributed by atoms with E-state index in [1.54, 1.807) is 12.2 Å². The third kappa shape index (κ3) is 8.96. The van der Waals surface area contributed by atoms with Gasteiger partial charge in [-0.3, -0.25) is 0 Å². The van der Waals surface area contributed by atoms with E-state index in [0.29, 0.717) is 0 Å². The number of hydrogen-bond donors (Lipinski definition) is 0. The van der Waals surface area contributed by atoms with Crippen LogP contribution in [0.25, 0.3) is 0 Å². The lowest BCUT2D eigenvalue weighted by molar-refractivity contribution is 1.50. The van der Waals surface area contributed by atoms with Crippen molar-refractivity contribution in [3.05, 3.63) is 49.1 Å². The predicted octanol–water partition coefficient (Wildman–Crippen LogP) is 3.89. The summed E-state index contributed by atoms with van der Waals surface area (Å²) in [5.74, 6) is 0. The molecule has 0 aliphatic rings. The second kappa shape index (κ2) is 11.7. The molecular formula is C11H18. The Morgan fingerprint density at radius 3 is 1.82 bits per heavy atom. The zero-order valence-electron chi connectivity index (χ0n) is 7.80. The Kier molecular flexibility index (Phi) is 13.4. The van der Waals surface area contributed by atoms with Gasteiger partial charge in [0.1, 0.15) is 0 Å². The van der Waals surface area contributed by atoms with Gasteiger partial charge in [-0.15, -0.1) is 0 Å². The Balaban J connectivity index is 0. The summed E-state index contributed by atoms with van der Waals surface area (Å²) in [6.07, 6.45) is 9.42. The zero-order valence-corrected chi connectivity index (χ0v) is 7.80. The molecule has 0 rings (SSSR count). The van der Waals surface area contributed by atoms with Crippen LogP contribution < -0.4 is 0 Å². The molecule has 0 fully saturated rings. The summed E-state index contributed by atoms with van der Waals surface area (Å²) < 4.78 is 0. The predicted molar refractivity (Wildman–Crippen MR) is 54.6 cm³/mol. The van der Waals surface area contributed by atoms with E-state index in [4.69, 9.17) is 0 Å². The first-order valence-electron chi connectivity index (χ1n) is 3.93.